The summed E-state index contributed by atoms with van der Waals surface area (Å²) in [6, 6.07) is 0.862. The molecule has 1 unspecified atom stereocenters. The summed E-state index contributed by atoms with van der Waals surface area (Å²) >= 11 is 1.82. The van der Waals surface area contributed by atoms with Crippen LogP contribution in [0.15, 0.2) is 0 Å². The van der Waals surface area contributed by atoms with Crippen LogP contribution >= 0.6 is 11.8 Å². The second-order valence-electron chi connectivity index (χ2n) is 7.78. The molecule has 2 aliphatic rings. The number of nitrogens with zero attached hydrogens (tertiary/aromatic N) is 4. The Morgan fingerprint density at radius 3 is 2.54 bits per heavy atom. The molecule has 1 heterocycles. The quantitative estimate of drug-likeness (QED) is 0.738. The molecule has 2 fully saturated rings. The number of amides is 1. The minimum Gasteiger partial charge on any atom is -0.353 e. The smallest absolute Gasteiger partial charge is 0.221 e. The van der Waals surface area contributed by atoms with E-state index in [2.05, 4.69) is 27.8 Å². The summed E-state index contributed by atoms with van der Waals surface area (Å²) < 4.78 is 2.04. The van der Waals surface area contributed by atoms with Crippen LogP contribution in [0.5, 0.6) is 0 Å². The van der Waals surface area contributed by atoms with E-state index in [1.54, 1.807) is 0 Å². The summed E-state index contributed by atoms with van der Waals surface area (Å²) in [5.74, 6) is 1.97. The van der Waals surface area contributed by atoms with Gasteiger partial charge in [0.2, 0.25) is 5.91 Å². The van der Waals surface area contributed by atoms with Gasteiger partial charge in [-0.25, -0.2) is 4.68 Å². The van der Waals surface area contributed by atoms with Crippen molar-refractivity contribution in [1.82, 2.24) is 25.5 Å². The van der Waals surface area contributed by atoms with E-state index in [0.717, 1.165) is 30.8 Å². The first-order chi connectivity index (χ1) is 12.8. The van der Waals surface area contributed by atoms with E-state index in [1.807, 2.05) is 16.4 Å². The molecule has 26 heavy (non-hydrogen) atoms. The molecule has 0 aliphatic heterocycles. The summed E-state index contributed by atoms with van der Waals surface area (Å²) in [5, 5.41) is 16.0. The van der Waals surface area contributed by atoms with Crippen LogP contribution in [0.4, 0.5) is 0 Å². The van der Waals surface area contributed by atoms with Crippen molar-refractivity contribution >= 4 is 17.7 Å². The average molecular weight is 380 g/mol. The Labute approximate surface area is 161 Å². The van der Waals surface area contributed by atoms with Gasteiger partial charge in [0.25, 0.3) is 0 Å². The molecule has 0 bridgehead atoms. The molecule has 0 saturated heterocycles. The molecule has 0 aromatic carbocycles. The third-order valence-corrected chi connectivity index (χ3v) is 7.16. The fourth-order valence-electron chi connectivity index (χ4n) is 4.17. The number of rotatable bonds is 8. The number of hydrogen-bond donors (Lipinski definition) is 1. The molecule has 7 heteroatoms. The molecule has 3 rings (SSSR count). The van der Waals surface area contributed by atoms with Crippen molar-refractivity contribution in [2.75, 3.05) is 0 Å². The maximum atomic E-state index is 12.4. The summed E-state index contributed by atoms with van der Waals surface area (Å²) in [5.41, 5.74) is 0. The molecule has 1 aromatic heterocycles. The van der Waals surface area contributed by atoms with Crippen LogP contribution in [-0.2, 0) is 10.5 Å². The van der Waals surface area contributed by atoms with Crippen LogP contribution in [0.1, 0.15) is 95.8 Å². The van der Waals surface area contributed by atoms with E-state index in [4.69, 9.17) is 0 Å². The lowest BCUT2D eigenvalue weighted by atomic mass is 9.95. The summed E-state index contributed by atoms with van der Waals surface area (Å²) in [4.78, 5) is 12.4. The van der Waals surface area contributed by atoms with E-state index in [-0.39, 0.29) is 5.91 Å². The summed E-state index contributed by atoms with van der Waals surface area (Å²) in [6.45, 7) is 2.16. The molecule has 1 atom stereocenters. The lowest BCUT2D eigenvalue weighted by Gasteiger charge is -2.24. The Kier molecular flexibility index (Phi) is 7.77. The van der Waals surface area contributed by atoms with Crippen molar-refractivity contribution < 1.29 is 4.79 Å². The first kappa shape index (κ1) is 19.6. The third-order valence-electron chi connectivity index (χ3n) is 5.77. The summed E-state index contributed by atoms with van der Waals surface area (Å²) in [7, 11) is 0. The van der Waals surface area contributed by atoms with Gasteiger partial charge < -0.3 is 5.32 Å². The zero-order valence-electron chi connectivity index (χ0n) is 16.0. The minimum absolute atomic E-state index is 0.211. The first-order valence-electron chi connectivity index (χ1n) is 10.4. The molecule has 1 amide bonds. The van der Waals surface area contributed by atoms with Crippen LogP contribution in [0, 0.1) is 0 Å². The highest BCUT2D eigenvalue weighted by Crippen LogP contribution is 2.30. The van der Waals surface area contributed by atoms with Gasteiger partial charge in [0.1, 0.15) is 0 Å². The molecule has 0 radical (unpaired) electrons. The van der Waals surface area contributed by atoms with Crippen LogP contribution < -0.4 is 5.32 Å². The first-order valence-corrected chi connectivity index (χ1v) is 11.5. The van der Waals surface area contributed by atoms with Gasteiger partial charge in [0, 0.05) is 17.7 Å². The van der Waals surface area contributed by atoms with Crippen molar-refractivity contribution in [2.45, 2.75) is 107 Å². The van der Waals surface area contributed by atoms with Crippen molar-refractivity contribution in [1.29, 1.82) is 0 Å². The Morgan fingerprint density at radius 2 is 1.85 bits per heavy atom. The second-order valence-corrected chi connectivity index (χ2v) is 9.07. The molecule has 146 valence electrons. The highest BCUT2D eigenvalue weighted by atomic mass is 32.2. The number of carbonyl (C=O) groups excluding carboxylic acids is 1. The Bertz CT molecular complexity index is 552. The van der Waals surface area contributed by atoms with E-state index in [0.29, 0.717) is 23.8 Å². The van der Waals surface area contributed by atoms with Gasteiger partial charge in [0.15, 0.2) is 5.82 Å². The van der Waals surface area contributed by atoms with Gasteiger partial charge in [-0.15, -0.1) is 16.9 Å². The fourth-order valence-corrected chi connectivity index (χ4v) is 5.25. The largest absolute Gasteiger partial charge is 0.353 e. The normalized spacial score (nSPS) is 20.8. The maximum Gasteiger partial charge on any atom is 0.221 e. The third kappa shape index (κ3) is 5.69. The number of aromatic nitrogens is 4. The highest BCUT2D eigenvalue weighted by molar-refractivity contribution is 7.99. The Balaban J connectivity index is 1.46. The zero-order valence-corrected chi connectivity index (χ0v) is 16.8. The maximum absolute atomic E-state index is 12.4. The van der Waals surface area contributed by atoms with E-state index >= 15 is 0 Å². The molecule has 1 N–H and O–H groups in total. The van der Waals surface area contributed by atoms with Crippen LogP contribution in [0.3, 0.4) is 0 Å². The average Bonchev–Trinajstić information content (AvgIpc) is 3.15. The van der Waals surface area contributed by atoms with Gasteiger partial charge in [-0.2, -0.15) is 0 Å². The van der Waals surface area contributed by atoms with E-state index in [1.165, 1.54) is 51.4 Å². The standard InChI is InChI=1S/C19H33N5OS/c1-2-17(13-19(25)20-15-9-5-3-6-10-15)26-14-18-21-22-23-24(18)16-11-7-4-8-12-16/h15-17H,2-14H2,1H3,(H,20,25). The molecule has 1 aromatic rings. The Hall–Kier alpha value is -1.11. The lowest BCUT2D eigenvalue weighted by molar-refractivity contribution is -0.122. The molecule has 6 nitrogen and oxygen atoms in total. The molecular weight excluding hydrogens is 346 g/mol. The van der Waals surface area contributed by atoms with Crippen LogP contribution in [0.25, 0.3) is 0 Å². The fraction of sp³-hybridized carbons (Fsp3) is 0.895. The number of thioether (sulfide) groups is 1. The zero-order chi connectivity index (χ0) is 18.2. The molecule has 2 aliphatic carbocycles. The predicted octanol–water partition coefficient (Wildman–Crippen LogP) is 4.03. The van der Waals surface area contributed by atoms with Crippen LogP contribution in [0.2, 0.25) is 0 Å². The van der Waals surface area contributed by atoms with Crippen molar-refractivity contribution in [3.63, 3.8) is 0 Å². The van der Waals surface area contributed by atoms with Gasteiger partial charge in [-0.1, -0.05) is 45.4 Å². The monoisotopic (exact) mass is 379 g/mol. The van der Waals surface area contributed by atoms with Crippen molar-refractivity contribution in [3.05, 3.63) is 5.82 Å². The SMILES string of the molecule is CCC(CC(=O)NC1CCCCC1)SCc1nnnn1C1CCCCC1. The Morgan fingerprint density at radius 1 is 1.15 bits per heavy atom. The predicted molar refractivity (Wildman–Crippen MR) is 105 cm³/mol. The van der Waals surface area contributed by atoms with Gasteiger partial charge in [0.05, 0.1) is 11.8 Å². The number of nitrogens with one attached hydrogen (secondary N) is 1. The van der Waals surface area contributed by atoms with Gasteiger partial charge in [-0.3, -0.25) is 4.79 Å². The van der Waals surface area contributed by atoms with Gasteiger partial charge in [-0.05, 0) is 42.5 Å². The van der Waals surface area contributed by atoms with E-state index in [9.17, 15) is 4.79 Å². The second kappa shape index (κ2) is 10.3. The van der Waals surface area contributed by atoms with Crippen molar-refractivity contribution in [3.8, 4) is 0 Å². The van der Waals surface area contributed by atoms with E-state index < -0.39 is 0 Å². The highest BCUT2D eigenvalue weighted by Gasteiger charge is 2.22. The summed E-state index contributed by atoms with van der Waals surface area (Å²) in [6.07, 6.45) is 13.9. The van der Waals surface area contributed by atoms with Crippen LogP contribution in [-0.4, -0.2) is 37.4 Å². The molecular formula is C19H33N5OS. The molecule has 0 spiro atoms. The number of hydrogen-bond acceptors (Lipinski definition) is 5. The number of tetrazole rings is 1. The number of carbonyl (C=O) groups is 1. The van der Waals surface area contributed by atoms with Crippen molar-refractivity contribution in [2.24, 2.45) is 0 Å². The van der Waals surface area contributed by atoms with Gasteiger partial charge >= 0.3 is 0 Å². The molecule has 2 saturated carbocycles. The minimum atomic E-state index is 0.211. The lowest BCUT2D eigenvalue weighted by Crippen LogP contribution is -2.37. The topological polar surface area (TPSA) is 72.7 Å².